The molecule has 1 N–H and O–H groups in total. The molecule has 0 aliphatic rings. The maximum absolute atomic E-state index is 4.52. The van der Waals surface area contributed by atoms with E-state index in [1.54, 1.807) is 0 Å². The first kappa shape index (κ1) is 14.3. The second-order valence-electron chi connectivity index (χ2n) is 5.06. The molecule has 2 aromatic rings. The largest absolute Gasteiger partial charge is 0.308 e. The van der Waals surface area contributed by atoms with Gasteiger partial charge in [0.25, 0.3) is 0 Å². The second-order valence-corrected chi connectivity index (χ2v) is 5.92. The zero-order valence-electron chi connectivity index (χ0n) is 11.7. The molecular formula is C15H20BrN3. The third-order valence-electron chi connectivity index (χ3n) is 3.07. The third kappa shape index (κ3) is 3.67. The summed E-state index contributed by atoms with van der Waals surface area (Å²) in [7, 11) is 1.98. The number of benzene rings is 1. The zero-order valence-corrected chi connectivity index (χ0v) is 13.2. The Balaban J connectivity index is 1.98. The molecular weight excluding hydrogens is 302 g/mol. The fourth-order valence-corrected chi connectivity index (χ4v) is 2.58. The number of rotatable bonds is 5. The number of hydrogen-bond acceptors (Lipinski definition) is 2. The number of halogens is 1. The molecule has 0 bridgehead atoms. The van der Waals surface area contributed by atoms with Crippen molar-refractivity contribution in [3.8, 4) is 0 Å². The van der Waals surface area contributed by atoms with Crippen molar-refractivity contribution in [1.29, 1.82) is 0 Å². The predicted molar refractivity (Wildman–Crippen MR) is 82.0 cm³/mol. The fourth-order valence-electron chi connectivity index (χ4n) is 2.15. The molecule has 102 valence electrons. The van der Waals surface area contributed by atoms with Gasteiger partial charge in [0.15, 0.2) is 0 Å². The predicted octanol–water partition coefficient (Wildman–Crippen LogP) is 3.60. The Hall–Kier alpha value is -1.13. The minimum Gasteiger partial charge on any atom is -0.308 e. The number of nitrogens with one attached hydrogen (secondary N) is 1. The quantitative estimate of drug-likeness (QED) is 0.911. The van der Waals surface area contributed by atoms with Crippen molar-refractivity contribution >= 4 is 15.9 Å². The Kier molecular flexibility index (Phi) is 4.77. The molecule has 0 spiro atoms. The second kappa shape index (κ2) is 6.35. The molecule has 0 radical (unpaired) electrons. The molecule has 0 atom stereocenters. The molecule has 0 saturated heterocycles. The maximum atomic E-state index is 4.52. The van der Waals surface area contributed by atoms with Gasteiger partial charge in [0.2, 0.25) is 0 Å². The topological polar surface area (TPSA) is 29.9 Å². The monoisotopic (exact) mass is 321 g/mol. The molecule has 0 fully saturated rings. The van der Waals surface area contributed by atoms with Gasteiger partial charge in [-0.25, -0.2) is 0 Å². The first-order valence-electron chi connectivity index (χ1n) is 6.54. The van der Waals surface area contributed by atoms with Gasteiger partial charge in [0.05, 0.1) is 5.69 Å². The van der Waals surface area contributed by atoms with Crippen molar-refractivity contribution in [2.24, 2.45) is 7.05 Å². The van der Waals surface area contributed by atoms with E-state index in [2.05, 4.69) is 64.6 Å². The van der Waals surface area contributed by atoms with E-state index in [0.29, 0.717) is 5.92 Å². The summed E-state index contributed by atoms with van der Waals surface area (Å²) in [5, 5.41) is 8.00. The average Bonchev–Trinajstić information content (AvgIpc) is 2.73. The highest BCUT2D eigenvalue weighted by Gasteiger charge is 2.10. The van der Waals surface area contributed by atoms with Crippen LogP contribution in [0.1, 0.15) is 36.6 Å². The molecule has 0 aliphatic heterocycles. The van der Waals surface area contributed by atoms with E-state index in [-0.39, 0.29) is 0 Å². The van der Waals surface area contributed by atoms with Crippen molar-refractivity contribution in [2.45, 2.75) is 32.9 Å². The van der Waals surface area contributed by atoms with E-state index in [0.717, 1.165) is 17.6 Å². The lowest BCUT2D eigenvalue weighted by Crippen LogP contribution is -2.14. The van der Waals surface area contributed by atoms with E-state index in [1.165, 1.54) is 16.8 Å². The SMILES string of the molecule is CC(C)c1nn(C)cc1CNCc1ccccc1Br. The van der Waals surface area contributed by atoms with Gasteiger partial charge < -0.3 is 5.32 Å². The molecule has 0 unspecified atom stereocenters. The number of nitrogens with zero attached hydrogens (tertiary/aromatic N) is 2. The standard InChI is InChI=1S/C15H20BrN3/c1-11(2)15-13(10-19(3)18-15)9-17-8-12-6-4-5-7-14(12)16/h4-7,10-11,17H,8-9H2,1-3H3. The maximum Gasteiger partial charge on any atom is 0.0694 e. The molecule has 1 aromatic heterocycles. The van der Waals surface area contributed by atoms with Crippen LogP contribution in [0.2, 0.25) is 0 Å². The van der Waals surface area contributed by atoms with Gasteiger partial charge in [-0.1, -0.05) is 48.0 Å². The fraction of sp³-hybridized carbons (Fsp3) is 0.400. The normalized spacial score (nSPS) is 11.2. The molecule has 0 amide bonds. The summed E-state index contributed by atoms with van der Waals surface area (Å²) in [6.07, 6.45) is 2.10. The van der Waals surface area contributed by atoms with Gasteiger partial charge in [-0.3, -0.25) is 4.68 Å². The highest BCUT2D eigenvalue weighted by Crippen LogP contribution is 2.18. The van der Waals surface area contributed by atoms with Crippen LogP contribution in [0.3, 0.4) is 0 Å². The van der Waals surface area contributed by atoms with Crippen molar-refractivity contribution in [1.82, 2.24) is 15.1 Å². The van der Waals surface area contributed by atoms with Crippen LogP contribution in [-0.2, 0) is 20.1 Å². The summed E-state index contributed by atoms with van der Waals surface area (Å²) in [6.45, 7) is 6.07. The first-order chi connectivity index (χ1) is 9.08. The van der Waals surface area contributed by atoms with Gasteiger partial charge in [-0.2, -0.15) is 5.10 Å². The summed E-state index contributed by atoms with van der Waals surface area (Å²) in [5.41, 5.74) is 3.74. The summed E-state index contributed by atoms with van der Waals surface area (Å²) < 4.78 is 3.04. The van der Waals surface area contributed by atoms with Crippen molar-refractivity contribution in [2.75, 3.05) is 0 Å². The number of hydrogen-bond donors (Lipinski definition) is 1. The zero-order chi connectivity index (χ0) is 13.8. The van der Waals surface area contributed by atoms with Gasteiger partial charge in [0, 0.05) is 36.4 Å². The lowest BCUT2D eigenvalue weighted by atomic mass is 10.1. The van der Waals surface area contributed by atoms with Crippen LogP contribution < -0.4 is 5.32 Å². The lowest BCUT2D eigenvalue weighted by molar-refractivity contribution is 0.676. The van der Waals surface area contributed by atoms with Crippen LogP contribution in [0.5, 0.6) is 0 Å². The Morgan fingerprint density at radius 1 is 1.21 bits per heavy atom. The van der Waals surface area contributed by atoms with E-state index in [1.807, 2.05) is 17.8 Å². The molecule has 3 nitrogen and oxygen atoms in total. The van der Waals surface area contributed by atoms with E-state index < -0.39 is 0 Å². The van der Waals surface area contributed by atoms with Crippen LogP contribution in [0.4, 0.5) is 0 Å². The number of aryl methyl sites for hydroxylation is 1. The third-order valence-corrected chi connectivity index (χ3v) is 3.85. The Morgan fingerprint density at radius 2 is 1.89 bits per heavy atom. The van der Waals surface area contributed by atoms with Gasteiger partial charge in [0.1, 0.15) is 0 Å². The highest BCUT2D eigenvalue weighted by molar-refractivity contribution is 9.10. The number of aromatic nitrogens is 2. The van der Waals surface area contributed by atoms with Crippen LogP contribution in [0, 0.1) is 0 Å². The molecule has 1 heterocycles. The minimum atomic E-state index is 0.460. The highest BCUT2D eigenvalue weighted by atomic mass is 79.9. The van der Waals surface area contributed by atoms with Gasteiger partial charge in [-0.15, -0.1) is 0 Å². The molecule has 2 rings (SSSR count). The van der Waals surface area contributed by atoms with Crippen molar-refractivity contribution in [3.63, 3.8) is 0 Å². The van der Waals surface area contributed by atoms with Crippen LogP contribution >= 0.6 is 15.9 Å². The van der Waals surface area contributed by atoms with Gasteiger partial charge in [-0.05, 0) is 17.5 Å². The molecule has 4 heteroatoms. The molecule has 1 aromatic carbocycles. The Bertz CT molecular complexity index is 546. The Labute approximate surface area is 123 Å². The van der Waals surface area contributed by atoms with Crippen LogP contribution in [-0.4, -0.2) is 9.78 Å². The van der Waals surface area contributed by atoms with Crippen molar-refractivity contribution < 1.29 is 0 Å². The van der Waals surface area contributed by atoms with Gasteiger partial charge >= 0.3 is 0 Å². The lowest BCUT2D eigenvalue weighted by Gasteiger charge is -2.08. The summed E-state index contributed by atoms with van der Waals surface area (Å²) >= 11 is 3.57. The first-order valence-corrected chi connectivity index (χ1v) is 7.33. The van der Waals surface area contributed by atoms with Crippen molar-refractivity contribution in [3.05, 3.63) is 51.8 Å². The van der Waals surface area contributed by atoms with E-state index in [9.17, 15) is 0 Å². The molecule has 0 saturated carbocycles. The average molecular weight is 322 g/mol. The molecule has 19 heavy (non-hydrogen) atoms. The van der Waals surface area contributed by atoms with Crippen LogP contribution in [0.25, 0.3) is 0 Å². The van der Waals surface area contributed by atoms with E-state index in [4.69, 9.17) is 0 Å². The molecule has 0 aliphatic carbocycles. The Morgan fingerprint density at radius 3 is 2.58 bits per heavy atom. The van der Waals surface area contributed by atoms with Crippen LogP contribution in [0.15, 0.2) is 34.9 Å². The minimum absolute atomic E-state index is 0.460. The summed E-state index contributed by atoms with van der Waals surface area (Å²) in [4.78, 5) is 0. The smallest absolute Gasteiger partial charge is 0.0694 e. The summed E-state index contributed by atoms with van der Waals surface area (Å²) in [6, 6.07) is 8.29. The summed E-state index contributed by atoms with van der Waals surface area (Å²) in [5.74, 6) is 0.460. The van der Waals surface area contributed by atoms with E-state index >= 15 is 0 Å².